The van der Waals surface area contributed by atoms with Crippen LogP contribution in [0.1, 0.15) is 10.4 Å². The zero-order chi connectivity index (χ0) is 10.6. The van der Waals surface area contributed by atoms with E-state index in [2.05, 4.69) is 0 Å². The summed E-state index contributed by atoms with van der Waals surface area (Å²) in [5.74, 6) is -0.0386. The number of hydrogen-bond acceptors (Lipinski definition) is 3. The van der Waals surface area contributed by atoms with Gasteiger partial charge in [0.15, 0.2) is 0 Å². The molecule has 1 amide bonds. The van der Waals surface area contributed by atoms with Crippen LogP contribution in [0.2, 0.25) is 0 Å². The summed E-state index contributed by atoms with van der Waals surface area (Å²) in [5, 5.41) is 9.18. The van der Waals surface area contributed by atoms with Crippen LogP contribution in [0.15, 0.2) is 24.3 Å². The van der Waals surface area contributed by atoms with E-state index in [1.807, 2.05) is 0 Å². The van der Waals surface area contributed by atoms with Gasteiger partial charge >= 0.3 is 0 Å². The molecule has 0 bridgehead atoms. The third-order valence-corrected chi connectivity index (χ3v) is 1.90. The zero-order valence-electron chi connectivity index (χ0n) is 8.10. The first kappa shape index (κ1) is 10.5. The maximum atomic E-state index is 11.6. The molecule has 14 heavy (non-hydrogen) atoms. The van der Waals surface area contributed by atoms with Crippen LogP contribution in [0, 0.1) is 0 Å². The van der Waals surface area contributed by atoms with Crippen molar-refractivity contribution in [1.82, 2.24) is 4.90 Å². The molecule has 4 nitrogen and oxygen atoms in total. The van der Waals surface area contributed by atoms with Crippen LogP contribution in [0.3, 0.4) is 0 Å². The summed E-state index contributed by atoms with van der Waals surface area (Å²) in [7, 11) is 1.68. The Balaban J connectivity index is 2.78. The molecule has 1 aromatic carbocycles. The molecule has 0 heterocycles. The first-order valence-electron chi connectivity index (χ1n) is 4.39. The average Bonchev–Trinajstić information content (AvgIpc) is 2.17. The molecule has 0 saturated carbocycles. The number of likely N-dealkylation sites (N-methyl/N-ethyl adjacent to an activating group) is 1. The van der Waals surface area contributed by atoms with E-state index in [-0.39, 0.29) is 11.7 Å². The molecule has 0 saturated heterocycles. The van der Waals surface area contributed by atoms with Gasteiger partial charge in [-0.15, -0.1) is 0 Å². The minimum Gasteiger partial charge on any atom is -0.508 e. The van der Waals surface area contributed by atoms with Crippen LogP contribution in [0.4, 0.5) is 0 Å². The second-order valence-electron chi connectivity index (χ2n) is 3.07. The van der Waals surface area contributed by atoms with Gasteiger partial charge in [0.2, 0.25) is 0 Å². The molecule has 0 fully saturated rings. The number of benzene rings is 1. The third-order valence-electron chi connectivity index (χ3n) is 1.90. The van der Waals surface area contributed by atoms with E-state index in [1.54, 1.807) is 19.2 Å². The smallest absolute Gasteiger partial charge is 0.253 e. The van der Waals surface area contributed by atoms with E-state index >= 15 is 0 Å². The number of nitrogens with zero attached hydrogens (tertiary/aromatic N) is 1. The Kier molecular flexibility index (Phi) is 3.48. The van der Waals surface area contributed by atoms with Crippen LogP contribution in [-0.2, 0) is 0 Å². The first-order chi connectivity index (χ1) is 6.65. The molecule has 4 heteroatoms. The molecule has 0 aromatic heterocycles. The summed E-state index contributed by atoms with van der Waals surface area (Å²) < 4.78 is 0. The fourth-order valence-electron chi connectivity index (χ4n) is 1.15. The predicted octanol–water partition coefficient (Wildman–Crippen LogP) is 0.423. The Morgan fingerprint density at radius 1 is 1.57 bits per heavy atom. The van der Waals surface area contributed by atoms with Crippen molar-refractivity contribution in [3.05, 3.63) is 29.8 Å². The van der Waals surface area contributed by atoms with E-state index < -0.39 is 0 Å². The van der Waals surface area contributed by atoms with Crippen molar-refractivity contribution in [2.75, 3.05) is 20.1 Å². The molecule has 0 aliphatic carbocycles. The highest BCUT2D eigenvalue weighted by Crippen LogP contribution is 2.12. The average molecular weight is 194 g/mol. The Morgan fingerprint density at radius 3 is 2.86 bits per heavy atom. The third kappa shape index (κ3) is 2.47. The lowest BCUT2D eigenvalue weighted by Crippen LogP contribution is -2.31. The van der Waals surface area contributed by atoms with Crippen molar-refractivity contribution in [2.45, 2.75) is 0 Å². The fraction of sp³-hybridized carbons (Fsp3) is 0.300. The maximum absolute atomic E-state index is 11.6. The number of aromatic hydroxyl groups is 1. The van der Waals surface area contributed by atoms with Crippen molar-refractivity contribution in [2.24, 2.45) is 5.73 Å². The number of carbonyl (C=O) groups is 1. The highest BCUT2D eigenvalue weighted by Gasteiger charge is 2.10. The number of amides is 1. The van der Waals surface area contributed by atoms with E-state index in [0.717, 1.165) is 0 Å². The van der Waals surface area contributed by atoms with Gasteiger partial charge in [-0.1, -0.05) is 6.07 Å². The van der Waals surface area contributed by atoms with Crippen molar-refractivity contribution < 1.29 is 9.90 Å². The van der Waals surface area contributed by atoms with Crippen LogP contribution in [-0.4, -0.2) is 36.1 Å². The Labute approximate surface area is 82.9 Å². The second-order valence-corrected chi connectivity index (χ2v) is 3.07. The molecule has 0 aliphatic rings. The number of carbonyl (C=O) groups excluding carboxylic acids is 1. The quantitative estimate of drug-likeness (QED) is 0.733. The van der Waals surface area contributed by atoms with Crippen LogP contribution in [0.5, 0.6) is 5.75 Å². The molecule has 0 radical (unpaired) electrons. The summed E-state index contributed by atoms with van der Waals surface area (Å²) in [6.07, 6.45) is 0. The minimum absolute atomic E-state index is 0.0944. The molecule has 0 unspecified atom stereocenters. The Hall–Kier alpha value is -1.55. The highest BCUT2D eigenvalue weighted by molar-refractivity contribution is 5.94. The van der Waals surface area contributed by atoms with Crippen LogP contribution >= 0.6 is 0 Å². The lowest BCUT2D eigenvalue weighted by atomic mass is 10.2. The monoisotopic (exact) mass is 194 g/mol. The molecular weight excluding hydrogens is 180 g/mol. The summed E-state index contributed by atoms with van der Waals surface area (Å²) in [5.41, 5.74) is 5.81. The van der Waals surface area contributed by atoms with E-state index in [4.69, 9.17) is 5.73 Å². The van der Waals surface area contributed by atoms with Gasteiger partial charge in [0.05, 0.1) is 0 Å². The van der Waals surface area contributed by atoms with E-state index in [0.29, 0.717) is 18.7 Å². The summed E-state index contributed by atoms with van der Waals surface area (Å²) >= 11 is 0. The van der Waals surface area contributed by atoms with Gasteiger partial charge in [-0.25, -0.2) is 0 Å². The van der Waals surface area contributed by atoms with Crippen LogP contribution in [0.25, 0.3) is 0 Å². The van der Waals surface area contributed by atoms with Crippen molar-refractivity contribution in [1.29, 1.82) is 0 Å². The number of rotatable bonds is 3. The standard InChI is InChI=1S/C10H14N2O2/c1-12(6-5-11)10(14)8-3-2-4-9(13)7-8/h2-4,7,13H,5-6,11H2,1H3. The Morgan fingerprint density at radius 2 is 2.29 bits per heavy atom. The maximum Gasteiger partial charge on any atom is 0.253 e. The van der Waals surface area contributed by atoms with Gasteiger partial charge in [0.25, 0.3) is 5.91 Å². The van der Waals surface area contributed by atoms with Crippen molar-refractivity contribution in [3.63, 3.8) is 0 Å². The van der Waals surface area contributed by atoms with Gasteiger partial charge in [0, 0.05) is 25.7 Å². The fourth-order valence-corrected chi connectivity index (χ4v) is 1.15. The highest BCUT2D eigenvalue weighted by atomic mass is 16.3. The summed E-state index contributed by atoms with van der Waals surface area (Å²) in [6.45, 7) is 0.940. The molecule has 1 rings (SSSR count). The largest absolute Gasteiger partial charge is 0.508 e. The van der Waals surface area contributed by atoms with Gasteiger partial charge in [-0.2, -0.15) is 0 Å². The summed E-state index contributed by atoms with van der Waals surface area (Å²) in [6, 6.07) is 6.27. The lowest BCUT2D eigenvalue weighted by Gasteiger charge is -2.15. The first-order valence-corrected chi connectivity index (χ1v) is 4.39. The normalized spacial score (nSPS) is 9.86. The van der Waals surface area contributed by atoms with Gasteiger partial charge < -0.3 is 15.7 Å². The SMILES string of the molecule is CN(CCN)C(=O)c1cccc(O)c1. The molecule has 0 aliphatic heterocycles. The zero-order valence-corrected chi connectivity index (χ0v) is 8.10. The predicted molar refractivity (Wildman–Crippen MR) is 54.1 cm³/mol. The van der Waals surface area contributed by atoms with Crippen molar-refractivity contribution >= 4 is 5.91 Å². The molecular formula is C10H14N2O2. The van der Waals surface area contributed by atoms with Crippen molar-refractivity contribution in [3.8, 4) is 5.75 Å². The second kappa shape index (κ2) is 4.62. The number of nitrogens with two attached hydrogens (primary N) is 1. The molecule has 1 aromatic rings. The molecule has 76 valence electrons. The number of phenolic OH excluding ortho intramolecular Hbond substituents is 1. The van der Waals surface area contributed by atoms with Crippen LogP contribution < -0.4 is 5.73 Å². The minimum atomic E-state index is -0.133. The van der Waals surface area contributed by atoms with E-state index in [9.17, 15) is 9.90 Å². The molecule has 0 spiro atoms. The van der Waals surface area contributed by atoms with E-state index in [1.165, 1.54) is 17.0 Å². The molecule has 0 atom stereocenters. The number of phenols is 1. The summed E-state index contributed by atoms with van der Waals surface area (Å²) in [4.78, 5) is 13.2. The van der Waals surface area contributed by atoms with Gasteiger partial charge in [0.1, 0.15) is 5.75 Å². The lowest BCUT2D eigenvalue weighted by molar-refractivity contribution is 0.0798. The number of hydrogen-bond donors (Lipinski definition) is 2. The van der Waals surface area contributed by atoms with Gasteiger partial charge in [-0.3, -0.25) is 4.79 Å². The van der Waals surface area contributed by atoms with Gasteiger partial charge in [-0.05, 0) is 18.2 Å². The Bertz CT molecular complexity index is 326. The molecule has 3 N–H and O–H groups in total. The topological polar surface area (TPSA) is 66.6 Å².